The first-order valence-electron chi connectivity index (χ1n) is 7.75. The normalized spacial score (nSPS) is 10.8. The first-order valence-corrected chi connectivity index (χ1v) is 9.11. The molecule has 130 valence electrons. The third-order valence-corrected chi connectivity index (χ3v) is 4.91. The molecule has 0 saturated heterocycles. The van der Waals surface area contributed by atoms with Crippen molar-refractivity contribution in [3.63, 3.8) is 0 Å². The van der Waals surface area contributed by atoms with E-state index in [1.807, 2.05) is 36.6 Å². The number of benzene rings is 1. The Kier molecular flexibility index (Phi) is 5.45. The third-order valence-electron chi connectivity index (χ3n) is 3.61. The van der Waals surface area contributed by atoms with Crippen LogP contribution < -0.4 is 5.32 Å². The minimum Gasteiger partial charge on any atom is -0.469 e. The number of halogens is 1. The van der Waals surface area contributed by atoms with Crippen molar-refractivity contribution >= 4 is 35.0 Å². The quantitative estimate of drug-likeness (QED) is 0.651. The number of furan rings is 1. The second kappa shape index (κ2) is 7.76. The molecular weight excluding hydrogens is 360 g/mol. The van der Waals surface area contributed by atoms with Gasteiger partial charge in [0.2, 0.25) is 5.91 Å². The Morgan fingerprint density at radius 1 is 1.32 bits per heavy atom. The number of nitrogens with zero attached hydrogens (tertiary/aromatic N) is 3. The van der Waals surface area contributed by atoms with Crippen molar-refractivity contribution in [1.29, 1.82) is 0 Å². The van der Waals surface area contributed by atoms with Crippen molar-refractivity contribution < 1.29 is 9.21 Å². The van der Waals surface area contributed by atoms with Crippen LogP contribution in [0.3, 0.4) is 0 Å². The summed E-state index contributed by atoms with van der Waals surface area (Å²) in [5.74, 6) is 1.59. The number of anilines is 1. The first-order chi connectivity index (χ1) is 12.1. The molecule has 8 heteroatoms. The lowest BCUT2D eigenvalue weighted by atomic mass is 10.2. The van der Waals surface area contributed by atoms with E-state index in [2.05, 4.69) is 15.5 Å². The zero-order valence-electron chi connectivity index (χ0n) is 13.8. The highest BCUT2D eigenvalue weighted by Crippen LogP contribution is 2.27. The summed E-state index contributed by atoms with van der Waals surface area (Å²) < 4.78 is 7.30. The number of carbonyl (C=O) groups excluding carboxylic acids is 1. The van der Waals surface area contributed by atoms with Gasteiger partial charge in [-0.1, -0.05) is 35.5 Å². The van der Waals surface area contributed by atoms with Crippen LogP contribution in [0.5, 0.6) is 0 Å². The van der Waals surface area contributed by atoms with Crippen molar-refractivity contribution in [2.24, 2.45) is 0 Å². The van der Waals surface area contributed by atoms with Crippen LogP contribution in [0.15, 0.2) is 46.2 Å². The van der Waals surface area contributed by atoms with Crippen molar-refractivity contribution in [3.8, 4) is 11.4 Å². The number of para-hydroxylation sites is 1. The Morgan fingerprint density at radius 2 is 2.12 bits per heavy atom. The molecule has 0 spiro atoms. The number of nitrogens with one attached hydrogen (secondary N) is 1. The zero-order chi connectivity index (χ0) is 17.8. The summed E-state index contributed by atoms with van der Waals surface area (Å²) in [5, 5.41) is 12.4. The Hall–Kier alpha value is -2.25. The zero-order valence-corrected chi connectivity index (χ0v) is 15.4. The van der Waals surface area contributed by atoms with Gasteiger partial charge in [-0.15, -0.1) is 10.2 Å². The van der Waals surface area contributed by atoms with Crippen LogP contribution in [0.4, 0.5) is 5.69 Å². The molecule has 25 heavy (non-hydrogen) atoms. The van der Waals surface area contributed by atoms with Gasteiger partial charge in [-0.2, -0.15) is 0 Å². The summed E-state index contributed by atoms with van der Waals surface area (Å²) in [5.41, 5.74) is 1.50. The largest absolute Gasteiger partial charge is 0.469 e. The van der Waals surface area contributed by atoms with E-state index < -0.39 is 0 Å². The van der Waals surface area contributed by atoms with Crippen LogP contribution in [0.1, 0.15) is 12.7 Å². The van der Waals surface area contributed by atoms with Gasteiger partial charge in [-0.3, -0.25) is 4.79 Å². The fourth-order valence-electron chi connectivity index (χ4n) is 2.38. The lowest BCUT2D eigenvalue weighted by Crippen LogP contribution is -2.15. The molecule has 0 aliphatic heterocycles. The third kappa shape index (κ3) is 3.88. The molecule has 0 aliphatic rings. The van der Waals surface area contributed by atoms with Crippen molar-refractivity contribution in [2.75, 3.05) is 11.1 Å². The standard InChI is InChI=1S/C17H17ClN4O2S/c1-3-22-16(12-8-9-24-11(12)2)20-21-17(22)25-10-15(23)19-14-7-5-4-6-13(14)18/h4-9H,3,10H2,1-2H3,(H,19,23). The van der Waals surface area contributed by atoms with Crippen LogP contribution in [0.2, 0.25) is 5.02 Å². The Labute approximate surface area is 154 Å². The molecule has 1 aromatic carbocycles. The summed E-state index contributed by atoms with van der Waals surface area (Å²) >= 11 is 7.38. The van der Waals surface area contributed by atoms with Crippen molar-refractivity contribution in [1.82, 2.24) is 14.8 Å². The van der Waals surface area contributed by atoms with Gasteiger partial charge in [0.25, 0.3) is 0 Å². The predicted molar refractivity (Wildman–Crippen MR) is 98.9 cm³/mol. The van der Waals surface area contributed by atoms with E-state index in [0.29, 0.717) is 22.4 Å². The van der Waals surface area contributed by atoms with Gasteiger partial charge in [0.15, 0.2) is 11.0 Å². The molecule has 2 heterocycles. The fourth-order valence-corrected chi connectivity index (χ4v) is 3.36. The molecule has 2 aromatic heterocycles. The van der Waals surface area contributed by atoms with Gasteiger partial charge < -0.3 is 14.3 Å². The number of thioether (sulfide) groups is 1. The van der Waals surface area contributed by atoms with E-state index in [0.717, 1.165) is 17.1 Å². The first kappa shape index (κ1) is 17.6. The number of hydrogen-bond acceptors (Lipinski definition) is 5. The summed E-state index contributed by atoms with van der Waals surface area (Å²) in [6.07, 6.45) is 1.63. The molecule has 0 fully saturated rings. The summed E-state index contributed by atoms with van der Waals surface area (Å²) in [6.45, 7) is 4.59. The van der Waals surface area contributed by atoms with Gasteiger partial charge in [0, 0.05) is 6.54 Å². The highest BCUT2D eigenvalue weighted by atomic mass is 35.5. The number of carbonyl (C=O) groups is 1. The summed E-state index contributed by atoms with van der Waals surface area (Å²) in [7, 11) is 0. The van der Waals surface area contributed by atoms with E-state index in [1.54, 1.807) is 18.4 Å². The molecule has 3 rings (SSSR count). The highest BCUT2D eigenvalue weighted by molar-refractivity contribution is 7.99. The maximum atomic E-state index is 12.2. The average molecular weight is 377 g/mol. The number of rotatable bonds is 6. The second-order valence-corrected chi connectivity index (χ2v) is 6.61. The second-order valence-electron chi connectivity index (χ2n) is 5.26. The summed E-state index contributed by atoms with van der Waals surface area (Å²) in [4.78, 5) is 12.2. The number of aromatic nitrogens is 3. The van der Waals surface area contributed by atoms with Crippen LogP contribution in [0.25, 0.3) is 11.4 Å². The maximum absolute atomic E-state index is 12.2. The van der Waals surface area contributed by atoms with Crippen LogP contribution >= 0.6 is 23.4 Å². The molecule has 1 amide bonds. The molecule has 0 atom stereocenters. The fraction of sp³-hybridized carbons (Fsp3) is 0.235. The Balaban J connectivity index is 1.69. The number of aryl methyl sites for hydroxylation is 1. The molecule has 0 bridgehead atoms. The summed E-state index contributed by atoms with van der Waals surface area (Å²) in [6, 6.07) is 9.00. The van der Waals surface area contributed by atoms with Crippen LogP contribution in [-0.4, -0.2) is 26.4 Å². The molecule has 1 N–H and O–H groups in total. The van der Waals surface area contributed by atoms with Crippen LogP contribution in [-0.2, 0) is 11.3 Å². The smallest absolute Gasteiger partial charge is 0.234 e. The van der Waals surface area contributed by atoms with Gasteiger partial charge in [-0.25, -0.2) is 0 Å². The van der Waals surface area contributed by atoms with Crippen molar-refractivity contribution in [2.45, 2.75) is 25.5 Å². The van der Waals surface area contributed by atoms with Crippen molar-refractivity contribution in [3.05, 3.63) is 47.4 Å². The van der Waals surface area contributed by atoms with Crippen LogP contribution in [0, 0.1) is 6.92 Å². The topological polar surface area (TPSA) is 73.0 Å². The highest BCUT2D eigenvalue weighted by Gasteiger charge is 2.17. The SMILES string of the molecule is CCn1c(SCC(=O)Nc2ccccc2Cl)nnc1-c1ccoc1C. The molecule has 3 aromatic rings. The van der Waals surface area contributed by atoms with Gasteiger partial charge in [0.05, 0.1) is 28.3 Å². The Morgan fingerprint density at radius 3 is 2.80 bits per heavy atom. The minimum atomic E-state index is -0.148. The lowest BCUT2D eigenvalue weighted by Gasteiger charge is -2.08. The van der Waals surface area contributed by atoms with E-state index in [-0.39, 0.29) is 11.7 Å². The molecule has 0 radical (unpaired) electrons. The van der Waals surface area contributed by atoms with Gasteiger partial charge in [-0.05, 0) is 32.0 Å². The molecule has 0 saturated carbocycles. The maximum Gasteiger partial charge on any atom is 0.234 e. The van der Waals surface area contributed by atoms with E-state index >= 15 is 0 Å². The molecule has 0 unspecified atom stereocenters. The van der Waals surface area contributed by atoms with E-state index in [1.165, 1.54) is 11.8 Å². The van der Waals surface area contributed by atoms with E-state index in [9.17, 15) is 4.79 Å². The van der Waals surface area contributed by atoms with E-state index in [4.69, 9.17) is 16.0 Å². The average Bonchev–Trinajstić information content (AvgIpc) is 3.20. The monoisotopic (exact) mass is 376 g/mol. The molecule has 6 nitrogen and oxygen atoms in total. The minimum absolute atomic E-state index is 0.148. The number of amides is 1. The van der Waals surface area contributed by atoms with Gasteiger partial charge >= 0.3 is 0 Å². The van der Waals surface area contributed by atoms with Gasteiger partial charge in [0.1, 0.15) is 5.76 Å². The molecule has 0 aliphatic carbocycles. The lowest BCUT2D eigenvalue weighted by molar-refractivity contribution is -0.113. The predicted octanol–water partition coefficient (Wildman–Crippen LogP) is 4.25. The number of hydrogen-bond donors (Lipinski definition) is 1. The molecular formula is C17H17ClN4O2S. The Bertz CT molecular complexity index is 890.